The molecular formula is C20H24N4O4. The second-order valence-electron chi connectivity index (χ2n) is 6.47. The van der Waals surface area contributed by atoms with E-state index in [9.17, 15) is 5.11 Å². The number of hydrogen-bond donors (Lipinski definition) is 1. The Bertz CT molecular complexity index is 942. The highest BCUT2D eigenvalue weighted by Crippen LogP contribution is 2.30. The first-order valence-electron chi connectivity index (χ1n) is 8.88. The lowest BCUT2D eigenvalue weighted by molar-refractivity contribution is 0.0846. The number of aliphatic hydroxyl groups is 1. The number of hydrogen-bond acceptors (Lipinski definition) is 7. The number of aliphatic hydroxyl groups excluding tert-OH is 1. The third-order valence-corrected chi connectivity index (χ3v) is 4.24. The number of nitrogens with zero attached hydrogens (tertiary/aromatic N) is 4. The molecule has 0 spiro atoms. The molecule has 1 heterocycles. The van der Waals surface area contributed by atoms with E-state index in [0.29, 0.717) is 17.3 Å². The first kappa shape index (κ1) is 19.6. The minimum atomic E-state index is -0.771. The van der Waals surface area contributed by atoms with E-state index in [4.69, 9.17) is 14.2 Å². The van der Waals surface area contributed by atoms with Crippen LogP contribution in [-0.2, 0) is 6.54 Å². The lowest BCUT2D eigenvalue weighted by atomic mass is 10.1. The van der Waals surface area contributed by atoms with Crippen molar-refractivity contribution in [1.82, 2.24) is 20.2 Å². The van der Waals surface area contributed by atoms with Crippen LogP contribution in [0.3, 0.4) is 0 Å². The zero-order valence-corrected chi connectivity index (χ0v) is 16.4. The lowest BCUT2D eigenvalue weighted by Crippen LogP contribution is -2.25. The van der Waals surface area contributed by atoms with Crippen molar-refractivity contribution in [2.45, 2.75) is 26.5 Å². The second-order valence-corrected chi connectivity index (χ2v) is 6.47. The molecule has 1 atom stereocenters. The number of rotatable bonds is 8. The maximum atomic E-state index is 10.3. The summed E-state index contributed by atoms with van der Waals surface area (Å²) < 4.78 is 16.3. The van der Waals surface area contributed by atoms with Crippen molar-refractivity contribution in [1.29, 1.82) is 0 Å². The molecular weight excluding hydrogens is 360 g/mol. The molecule has 3 aromatic rings. The van der Waals surface area contributed by atoms with Crippen LogP contribution in [-0.4, -0.2) is 52.2 Å². The summed E-state index contributed by atoms with van der Waals surface area (Å²) in [6, 6.07) is 11.3. The molecule has 0 amide bonds. The summed E-state index contributed by atoms with van der Waals surface area (Å²) in [5, 5.41) is 22.6. The van der Waals surface area contributed by atoms with Crippen molar-refractivity contribution < 1.29 is 19.3 Å². The molecule has 1 N–H and O–H groups in total. The molecule has 8 heteroatoms. The molecule has 0 aliphatic carbocycles. The van der Waals surface area contributed by atoms with E-state index >= 15 is 0 Å². The topological polar surface area (TPSA) is 91.5 Å². The van der Waals surface area contributed by atoms with Crippen LogP contribution in [0.2, 0.25) is 0 Å². The van der Waals surface area contributed by atoms with Crippen LogP contribution in [0.15, 0.2) is 36.4 Å². The van der Waals surface area contributed by atoms with Gasteiger partial charge >= 0.3 is 0 Å². The summed E-state index contributed by atoms with van der Waals surface area (Å²) >= 11 is 0. The number of aryl methyl sites for hydroxylation is 2. The molecule has 0 bridgehead atoms. The first-order valence-corrected chi connectivity index (χ1v) is 8.88. The molecule has 0 fully saturated rings. The third-order valence-electron chi connectivity index (χ3n) is 4.24. The summed E-state index contributed by atoms with van der Waals surface area (Å²) in [6.45, 7) is 4.27. The summed E-state index contributed by atoms with van der Waals surface area (Å²) in [5.41, 5.74) is 2.87. The Balaban J connectivity index is 1.63. The number of tetrazole rings is 1. The van der Waals surface area contributed by atoms with E-state index in [1.807, 2.05) is 38.1 Å². The SMILES string of the molecule is COc1ccc(-c2nnn(C[C@H](O)COc3cc(C)ccc3C)n2)cc1OC. The predicted molar refractivity (Wildman–Crippen MR) is 104 cm³/mol. The lowest BCUT2D eigenvalue weighted by Gasteiger charge is -2.13. The van der Waals surface area contributed by atoms with Gasteiger partial charge in [0.2, 0.25) is 5.82 Å². The van der Waals surface area contributed by atoms with Crippen LogP contribution in [0, 0.1) is 13.8 Å². The van der Waals surface area contributed by atoms with Gasteiger partial charge in [-0.15, -0.1) is 10.2 Å². The number of ether oxygens (including phenoxy) is 3. The summed E-state index contributed by atoms with van der Waals surface area (Å²) in [5.74, 6) is 2.40. The standard InChI is InChI=1S/C20H24N4O4/c1-13-5-6-14(2)18(9-13)28-12-16(25)11-24-22-20(21-23-24)15-7-8-17(26-3)19(10-15)27-4/h5-10,16,25H,11-12H2,1-4H3/t16-/m0/s1. The van der Waals surface area contributed by atoms with Crippen molar-refractivity contribution in [3.63, 3.8) is 0 Å². The van der Waals surface area contributed by atoms with Gasteiger partial charge in [0.05, 0.1) is 20.8 Å². The summed E-state index contributed by atoms with van der Waals surface area (Å²) in [6.07, 6.45) is -0.771. The Kier molecular flexibility index (Phi) is 6.10. The molecule has 0 aliphatic rings. The van der Waals surface area contributed by atoms with Crippen LogP contribution < -0.4 is 14.2 Å². The van der Waals surface area contributed by atoms with Gasteiger partial charge in [-0.1, -0.05) is 12.1 Å². The molecule has 2 aromatic carbocycles. The van der Waals surface area contributed by atoms with Crippen molar-refractivity contribution in [3.8, 4) is 28.6 Å². The Labute approximate surface area is 163 Å². The van der Waals surface area contributed by atoms with E-state index in [1.165, 1.54) is 4.80 Å². The van der Waals surface area contributed by atoms with Gasteiger partial charge in [0, 0.05) is 5.56 Å². The predicted octanol–water partition coefficient (Wildman–Crippen LogP) is 2.41. The van der Waals surface area contributed by atoms with E-state index in [1.54, 1.807) is 26.4 Å². The third kappa shape index (κ3) is 4.58. The molecule has 148 valence electrons. The van der Waals surface area contributed by atoms with E-state index in [-0.39, 0.29) is 13.2 Å². The fourth-order valence-corrected chi connectivity index (χ4v) is 2.70. The maximum absolute atomic E-state index is 10.3. The zero-order chi connectivity index (χ0) is 20.1. The molecule has 0 unspecified atom stereocenters. The Morgan fingerprint density at radius 3 is 2.54 bits per heavy atom. The van der Waals surface area contributed by atoms with Gasteiger partial charge in [-0.3, -0.25) is 0 Å². The van der Waals surface area contributed by atoms with Crippen LogP contribution in [0.5, 0.6) is 17.2 Å². The quantitative estimate of drug-likeness (QED) is 0.638. The van der Waals surface area contributed by atoms with Crippen molar-refractivity contribution in [2.24, 2.45) is 0 Å². The normalized spacial score (nSPS) is 11.9. The fourth-order valence-electron chi connectivity index (χ4n) is 2.70. The molecule has 3 rings (SSSR count). The Hall–Kier alpha value is -3.13. The highest BCUT2D eigenvalue weighted by molar-refractivity contribution is 5.60. The Morgan fingerprint density at radius 2 is 1.79 bits per heavy atom. The van der Waals surface area contributed by atoms with Crippen LogP contribution >= 0.6 is 0 Å². The molecule has 0 aliphatic heterocycles. The fraction of sp³-hybridized carbons (Fsp3) is 0.350. The van der Waals surface area contributed by atoms with Crippen molar-refractivity contribution >= 4 is 0 Å². The maximum Gasteiger partial charge on any atom is 0.205 e. The molecule has 0 saturated carbocycles. The smallest absolute Gasteiger partial charge is 0.205 e. The monoisotopic (exact) mass is 384 g/mol. The van der Waals surface area contributed by atoms with Crippen LogP contribution in [0.25, 0.3) is 11.4 Å². The van der Waals surface area contributed by atoms with Gasteiger partial charge in [0.25, 0.3) is 0 Å². The van der Waals surface area contributed by atoms with Gasteiger partial charge in [-0.25, -0.2) is 0 Å². The van der Waals surface area contributed by atoms with E-state index in [0.717, 1.165) is 22.4 Å². The minimum absolute atomic E-state index is 0.136. The number of benzene rings is 2. The summed E-state index contributed by atoms with van der Waals surface area (Å²) in [7, 11) is 3.14. The van der Waals surface area contributed by atoms with Gasteiger partial charge in [0.15, 0.2) is 11.5 Å². The molecule has 0 saturated heterocycles. The number of aromatic nitrogens is 4. The van der Waals surface area contributed by atoms with Crippen molar-refractivity contribution in [2.75, 3.05) is 20.8 Å². The molecule has 1 aromatic heterocycles. The van der Waals surface area contributed by atoms with Gasteiger partial charge in [-0.05, 0) is 54.5 Å². The molecule has 0 radical (unpaired) electrons. The largest absolute Gasteiger partial charge is 0.493 e. The average Bonchev–Trinajstić information content (AvgIpc) is 3.16. The van der Waals surface area contributed by atoms with E-state index < -0.39 is 6.10 Å². The van der Waals surface area contributed by atoms with Crippen LogP contribution in [0.4, 0.5) is 0 Å². The van der Waals surface area contributed by atoms with E-state index in [2.05, 4.69) is 15.4 Å². The summed E-state index contributed by atoms with van der Waals surface area (Å²) in [4.78, 5) is 1.35. The zero-order valence-electron chi connectivity index (χ0n) is 16.4. The molecule has 28 heavy (non-hydrogen) atoms. The minimum Gasteiger partial charge on any atom is -0.493 e. The van der Waals surface area contributed by atoms with Gasteiger partial charge < -0.3 is 19.3 Å². The number of methoxy groups -OCH3 is 2. The van der Waals surface area contributed by atoms with Gasteiger partial charge in [0.1, 0.15) is 18.5 Å². The highest BCUT2D eigenvalue weighted by atomic mass is 16.5. The van der Waals surface area contributed by atoms with Crippen molar-refractivity contribution in [3.05, 3.63) is 47.5 Å². The Morgan fingerprint density at radius 1 is 1.00 bits per heavy atom. The first-order chi connectivity index (χ1) is 13.5. The van der Waals surface area contributed by atoms with Crippen LogP contribution in [0.1, 0.15) is 11.1 Å². The molecule has 8 nitrogen and oxygen atoms in total. The second kappa shape index (κ2) is 8.71. The van der Waals surface area contributed by atoms with Gasteiger partial charge in [-0.2, -0.15) is 4.80 Å². The average molecular weight is 384 g/mol. The highest BCUT2D eigenvalue weighted by Gasteiger charge is 2.13.